The Morgan fingerprint density at radius 2 is 2.33 bits per heavy atom. The first kappa shape index (κ1) is 8.99. The van der Waals surface area contributed by atoms with E-state index in [1.54, 1.807) is 6.92 Å². The molecule has 1 aliphatic heterocycles. The van der Waals surface area contributed by atoms with Crippen LogP contribution in [0.1, 0.15) is 13.3 Å². The quantitative estimate of drug-likeness (QED) is 0.441. The van der Waals surface area contributed by atoms with Crippen LogP contribution in [0.4, 0.5) is 0 Å². The molecular formula is C7H13N3O2. The van der Waals surface area contributed by atoms with Crippen LogP contribution in [-0.4, -0.2) is 30.4 Å². The molecule has 0 aromatic heterocycles. The van der Waals surface area contributed by atoms with E-state index in [-0.39, 0.29) is 12.5 Å². The Morgan fingerprint density at radius 3 is 2.92 bits per heavy atom. The predicted octanol–water partition coefficient (Wildman–Crippen LogP) is -1.66. The molecule has 1 saturated heterocycles. The molecule has 0 spiro atoms. The van der Waals surface area contributed by atoms with Crippen LogP contribution >= 0.6 is 0 Å². The molecule has 2 amide bonds. The normalized spacial score (nSPS) is 30.6. The summed E-state index contributed by atoms with van der Waals surface area (Å²) < 4.78 is 0. The van der Waals surface area contributed by atoms with Crippen molar-refractivity contribution in [2.45, 2.75) is 18.9 Å². The number of carbonyl (C=O) groups excluding carboxylic acids is 2. The summed E-state index contributed by atoms with van der Waals surface area (Å²) in [6, 6.07) is 0. The molecule has 1 unspecified atom stereocenters. The van der Waals surface area contributed by atoms with E-state index in [2.05, 4.69) is 10.6 Å². The topological polar surface area (TPSA) is 84.2 Å². The number of amides is 2. The van der Waals surface area contributed by atoms with Gasteiger partial charge in [0, 0.05) is 19.5 Å². The zero-order chi connectivity index (χ0) is 9.19. The molecule has 1 heterocycles. The molecule has 0 aromatic carbocycles. The Kier molecular flexibility index (Phi) is 2.32. The van der Waals surface area contributed by atoms with Crippen LogP contribution in [0, 0.1) is 0 Å². The lowest BCUT2D eigenvalue weighted by molar-refractivity contribution is -0.123. The molecule has 1 rings (SSSR count). The summed E-state index contributed by atoms with van der Waals surface area (Å²) in [7, 11) is 0. The number of hydrogen-bond acceptors (Lipinski definition) is 3. The van der Waals surface area contributed by atoms with E-state index in [4.69, 9.17) is 5.73 Å². The molecule has 1 aliphatic rings. The molecule has 1 atom stereocenters. The first-order valence-electron chi connectivity index (χ1n) is 3.86. The van der Waals surface area contributed by atoms with Crippen LogP contribution in [0.25, 0.3) is 0 Å². The summed E-state index contributed by atoms with van der Waals surface area (Å²) in [5.41, 5.74) is 4.36. The summed E-state index contributed by atoms with van der Waals surface area (Å²) in [6.07, 6.45) is 0.392. The third kappa shape index (κ3) is 1.73. The maximum Gasteiger partial charge on any atom is 0.239 e. The van der Waals surface area contributed by atoms with Gasteiger partial charge in [0.05, 0.1) is 0 Å². The molecule has 68 valence electrons. The molecule has 1 fully saturated rings. The smallest absolute Gasteiger partial charge is 0.239 e. The van der Waals surface area contributed by atoms with E-state index >= 15 is 0 Å². The van der Waals surface area contributed by atoms with Crippen LogP contribution in [0.15, 0.2) is 0 Å². The van der Waals surface area contributed by atoms with E-state index in [1.165, 1.54) is 0 Å². The fourth-order valence-electron chi connectivity index (χ4n) is 1.05. The Morgan fingerprint density at radius 1 is 1.67 bits per heavy atom. The van der Waals surface area contributed by atoms with Gasteiger partial charge in [-0.2, -0.15) is 0 Å². The molecule has 5 heteroatoms. The number of nitrogens with two attached hydrogens (primary N) is 1. The second-order valence-corrected chi connectivity index (χ2v) is 3.15. The minimum absolute atomic E-state index is 0.0486. The Hall–Kier alpha value is -1.10. The molecule has 0 aromatic rings. The first-order chi connectivity index (χ1) is 5.54. The maximum absolute atomic E-state index is 10.9. The lowest BCUT2D eigenvalue weighted by Gasteiger charge is -2.24. The molecule has 5 nitrogen and oxygen atoms in total. The minimum atomic E-state index is -0.799. The number of rotatable bonds is 1. The molecule has 4 N–H and O–H groups in total. The van der Waals surface area contributed by atoms with Crippen molar-refractivity contribution >= 4 is 11.8 Å². The molecule has 0 radical (unpaired) electrons. The van der Waals surface area contributed by atoms with Crippen molar-refractivity contribution in [3.63, 3.8) is 0 Å². The fourth-order valence-corrected chi connectivity index (χ4v) is 1.05. The third-order valence-corrected chi connectivity index (χ3v) is 2.05. The van der Waals surface area contributed by atoms with Gasteiger partial charge in [-0.25, -0.2) is 0 Å². The average molecular weight is 171 g/mol. The van der Waals surface area contributed by atoms with E-state index < -0.39 is 11.4 Å². The molecule has 12 heavy (non-hydrogen) atoms. The van der Waals surface area contributed by atoms with Crippen LogP contribution in [0.3, 0.4) is 0 Å². The maximum atomic E-state index is 10.9. The van der Waals surface area contributed by atoms with Crippen molar-refractivity contribution < 1.29 is 9.59 Å². The van der Waals surface area contributed by atoms with Crippen molar-refractivity contribution in [3.05, 3.63) is 0 Å². The highest BCUT2D eigenvalue weighted by Crippen LogP contribution is 2.03. The van der Waals surface area contributed by atoms with Gasteiger partial charge in [0.2, 0.25) is 11.8 Å². The first-order valence-corrected chi connectivity index (χ1v) is 3.86. The number of carbonyl (C=O) groups is 2. The van der Waals surface area contributed by atoms with Crippen LogP contribution in [-0.2, 0) is 9.59 Å². The zero-order valence-electron chi connectivity index (χ0n) is 7.02. The number of primary amides is 1. The highest BCUT2D eigenvalue weighted by Gasteiger charge is 2.32. The van der Waals surface area contributed by atoms with E-state index in [1.807, 2.05) is 0 Å². The summed E-state index contributed by atoms with van der Waals surface area (Å²) in [5.74, 6) is -0.489. The van der Waals surface area contributed by atoms with Gasteiger partial charge in [0.1, 0.15) is 5.54 Å². The van der Waals surface area contributed by atoms with Gasteiger partial charge >= 0.3 is 0 Å². The zero-order valence-corrected chi connectivity index (χ0v) is 7.02. The standard InChI is InChI=1S/C7H13N3O2/c1-7(6(8)12)4-9-5(11)2-3-10-7/h10H,2-4H2,1H3,(H2,8,12)(H,9,11). The van der Waals surface area contributed by atoms with Crippen LogP contribution < -0.4 is 16.4 Å². The van der Waals surface area contributed by atoms with Gasteiger partial charge in [0.25, 0.3) is 0 Å². The number of nitrogens with one attached hydrogen (secondary N) is 2. The van der Waals surface area contributed by atoms with Crippen molar-refractivity contribution in [3.8, 4) is 0 Å². The van der Waals surface area contributed by atoms with Crippen molar-refractivity contribution in [1.29, 1.82) is 0 Å². The van der Waals surface area contributed by atoms with Gasteiger partial charge in [-0.15, -0.1) is 0 Å². The molecule has 0 aliphatic carbocycles. The molecular weight excluding hydrogens is 158 g/mol. The predicted molar refractivity (Wildman–Crippen MR) is 43.2 cm³/mol. The second kappa shape index (κ2) is 3.10. The van der Waals surface area contributed by atoms with E-state index in [9.17, 15) is 9.59 Å². The van der Waals surface area contributed by atoms with Crippen molar-refractivity contribution in [1.82, 2.24) is 10.6 Å². The summed E-state index contributed by atoms with van der Waals surface area (Å²) in [4.78, 5) is 21.8. The third-order valence-electron chi connectivity index (χ3n) is 2.05. The van der Waals surface area contributed by atoms with E-state index in [0.29, 0.717) is 13.0 Å². The lowest BCUT2D eigenvalue weighted by atomic mass is 10.0. The van der Waals surface area contributed by atoms with Gasteiger partial charge in [-0.3, -0.25) is 9.59 Å². The highest BCUT2D eigenvalue weighted by atomic mass is 16.2. The number of hydrogen-bond donors (Lipinski definition) is 3. The van der Waals surface area contributed by atoms with Crippen molar-refractivity contribution in [2.24, 2.45) is 5.73 Å². The van der Waals surface area contributed by atoms with Crippen LogP contribution in [0.5, 0.6) is 0 Å². The summed E-state index contributed by atoms with van der Waals surface area (Å²) >= 11 is 0. The highest BCUT2D eigenvalue weighted by molar-refractivity contribution is 5.86. The van der Waals surface area contributed by atoms with Crippen molar-refractivity contribution in [2.75, 3.05) is 13.1 Å². The summed E-state index contributed by atoms with van der Waals surface area (Å²) in [5, 5.41) is 5.54. The molecule has 0 bridgehead atoms. The van der Waals surface area contributed by atoms with Gasteiger partial charge in [0.15, 0.2) is 0 Å². The largest absolute Gasteiger partial charge is 0.368 e. The monoisotopic (exact) mass is 171 g/mol. The van der Waals surface area contributed by atoms with E-state index in [0.717, 1.165) is 0 Å². The van der Waals surface area contributed by atoms with Gasteiger partial charge < -0.3 is 16.4 Å². The minimum Gasteiger partial charge on any atom is -0.368 e. The van der Waals surface area contributed by atoms with Crippen LogP contribution in [0.2, 0.25) is 0 Å². The molecule has 0 saturated carbocycles. The summed E-state index contributed by atoms with van der Waals surface area (Å²) in [6.45, 7) is 2.44. The van der Waals surface area contributed by atoms with Gasteiger partial charge in [-0.05, 0) is 6.92 Å². The Labute approximate surface area is 70.7 Å². The lowest BCUT2D eigenvalue weighted by Crippen LogP contribution is -2.57. The van der Waals surface area contributed by atoms with Gasteiger partial charge in [-0.1, -0.05) is 0 Å². The fraction of sp³-hybridized carbons (Fsp3) is 0.714. The average Bonchev–Trinajstić information content (AvgIpc) is 2.15. The Balaban J connectivity index is 2.67. The SMILES string of the molecule is CC1(C(N)=O)CNC(=O)CCN1. The Bertz CT molecular complexity index is 217. The second-order valence-electron chi connectivity index (χ2n) is 3.15.